The summed E-state index contributed by atoms with van der Waals surface area (Å²) in [5.74, 6) is 0.860. The van der Waals surface area contributed by atoms with E-state index >= 15 is 0 Å². The van der Waals surface area contributed by atoms with Crippen molar-refractivity contribution < 1.29 is 24.1 Å². The number of amides is 1. The maximum atomic E-state index is 12.4. The predicted molar refractivity (Wildman–Crippen MR) is 107 cm³/mol. The van der Waals surface area contributed by atoms with Gasteiger partial charge >= 0.3 is 0 Å². The number of phenolic OH excluding ortho intramolecular Hbond substituents is 1. The fraction of sp³-hybridized carbons (Fsp3) is 0.143. The number of ether oxygens (including phenoxy) is 3. The van der Waals surface area contributed by atoms with Crippen LogP contribution >= 0.6 is 0 Å². The van der Waals surface area contributed by atoms with Crippen molar-refractivity contribution in [2.45, 2.75) is 0 Å². The van der Waals surface area contributed by atoms with Gasteiger partial charge in [0, 0.05) is 12.1 Å². The third-order valence-electron chi connectivity index (χ3n) is 4.22. The van der Waals surface area contributed by atoms with Crippen molar-refractivity contribution in [1.29, 1.82) is 0 Å². The Balaban J connectivity index is 1.85. The lowest BCUT2D eigenvalue weighted by Gasteiger charge is -2.12. The summed E-state index contributed by atoms with van der Waals surface area (Å²) in [5.41, 5.74) is 3.08. The van der Waals surface area contributed by atoms with Gasteiger partial charge in [0.25, 0.3) is 5.91 Å². The van der Waals surface area contributed by atoms with E-state index in [-0.39, 0.29) is 11.3 Å². The summed E-state index contributed by atoms with van der Waals surface area (Å²) in [5, 5.41) is 15.8. The lowest BCUT2D eigenvalue weighted by molar-refractivity contribution is 0.0952. The van der Waals surface area contributed by atoms with Crippen molar-refractivity contribution >= 4 is 22.9 Å². The highest BCUT2D eigenvalue weighted by Gasteiger charge is 2.14. The first-order valence-corrected chi connectivity index (χ1v) is 8.42. The molecule has 0 saturated heterocycles. The van der Waals surface area contributed by atoms with Crippen LogP contribution in [0.15, 0.2) is 53.6 Å². The fourth-order valence-electron chi connectivity index (χ4n) is 2.79. The van der Waals surface area contributed by atoms with E-state index in [1.165, 1.54) is 27.5 Å². The molecule has 3 rings (SSSR count). The topological polar surface area (TPSA) is 89.4 Å². The number of hydrazone groups is 1. The summed E-state index contributed by atoms with van der Waals surface area (Å²) >= 11 is 0. The van der Waals surface area contributed by atoms with Gasteiger partial charge in [-0.1, -0.05) is 24.3 Å². The molecule has 0 bridgehead atoms. The number of carbonyl (C=O) groups excluding carboxylic acids is 1. The molecule has 144 valence electrons. The highest BCUT2D eigenvalue weighted by atomic mass is 16.5. The Morgan fingerprint density at radius 3 is 2.14 bits per heavy atom. The van der Waals surface area contributed by atoms with Gasteiger partial charge in [0.2, 0.25) is 0 Å². The molecule has 0 unspecified atom stereocenters. The third kappa shape index (κ3) is 3.83. The molecule has 0 aliphatic heterocycles. The summed E-state index contributed by atoms with van der Waals surface area (Å²) in [6.07, 6.45) is 1.41. The minimum atomic E-state index is -0.536. The zero-order valence-corrected chi connectivity index (χ0v) is 15.7. The van der Waals surface area contributed by atoms with Crippen LogP contribution < -0.4 is 19.6 Å². The van der Waals surface area contributed by atoms with Crippen molar-refractivity contribution in [3.8, 4) is 23.0 Å². The minimum Gasteiger partial charge on any atom is -0.507 e. The minimum absolute atomic E-state index is 0.119. The number of benzene rings is 3. The van der Waals surface area contributed by atoms with E-state index < -0.39 is 5.91 Å². The summed E-state index contributed by atoms with van der Waals surface area (Å²) in [7, 11) is 4.56. The van der Waals surface area contributed by atoms with Gasteiger partial charge in [-0.05, 0) is 22.9 Å². The smallest absolute Gasteiger partial charge is 0.275 e. The van der Waals surface area contributed by atoms with E-state index in [2.05, 4.69) is 10.5 Å². The molecule has 0 heterocycles. The number of hydrogen-bond donors (Lipinski definition) is 2. The van der Waals surface area contributed by atoms with Gasteiger partial charge < -0.3 is 19.3 Å². The van der Waals surface area contributed by atoms with Gasteiger partial charge in [-0.2, -0.15) is 5.10 Å². The second-order valence-corrected chi connectivity index (χ2v) is 5.86. The molecule has 28 heavy (non-hydrogen) atoms. The van der Waals surface area contributed by atoms with Gasteiger partial charge in [-0.15, -0.1) is 0 Å². The monoisotopic (exact) mass is 380 g/mol. The Morgan fingerprint density at radius 1 is 0.964 bits per heavy atom. The first-order valence-electron chi connectivity index (χ1n) is 8.42. The lowest BCUT2D eigenvalue weighted by Crippen LogP contribution is -2.18. The van der Waals surface area contributed by atoms with Crippen LogP contribution in [-0.4, -0.2) is 38.6 Å². The van der Waals surface area contributed by atoms with Crippen LogP contribution in [0.3, 0.4) is 0 Å². The molecule has 0 aliphatic rings. The zero-order chi connectivity index (χ0) is 20.1. The Bertz CT molecular complexity index is 1020. The average molecular weight is 380 g/mol. The van der Waals surface area contributed by atoms with Gasteiger partial charge in [0.05, 0.1) is 38.7 Å². The van der Waals surface area contributed by atoms with Gasteiger partial charge in [0.1, 0.15) is 23.0 Å². The van der Waals surface area contributed by atoms with Crippen molar-refractivity contribution in [2.75, 3.05) is 21.3 Å². The largest absolute Gasteiger partial charge is 0.507 e. The van der Waals surface area contributed by atoms with E-state index in [1.54, 1.807) is 24.3 Å². The molecule has 3 aromatic carbocycles. The SMILES string of the molecule is COc1cc(OC)c(C=NNC(=O)c2cc3ccccc3cc2O)c(OC)c1. The number of carbonyl (C=O) groups is 1. The molecule has 3 aromatic rings. The molecule has 0 spiro atoms. The average Bonchev–Trinajstić information content (AvgIpc) is 2.72. The molecule has 0 radical (unpaired) electrons. The molecular weight excluding hydrogens is 360 g/mol. The van der Waals surface area contributed by atoms with Gasteiger partial charge in [-0.3, -0.25) is 4.79 Å². The number of methoxy groups -OCH3 is 3. The first-order chi connectivity index (χ1) is 13.6. The number of fused-ring (bicyclic) bond motifs is 1. The van der Waals surface area contributed by atoms with Crippen LogP contribution in [0.5, 0.6) is 23.0 Å². The van der Waals surface area contributed by atoms with Crippen LogP contribution in [0.25, 0.3) is 10.8 Å². The number of nitrogens with one attached hydrogen (secondary N) is 1. The van der Waals surface area contributed by atoms with Crippen molar-refractivity contribution in [2.24, 2.45) is 5.10 Å². The number of hydrogen-bond acceptors (Lipinski definition) is 6. The maximum absolute atomic E-state index is 12.4. The summed E-state index contributed by atoms with van der Waals surface area (Å²) < 4.78 is 15.9. The van der Waals surface area contributed by atoms with E-state index in [4.69, 9.17) is 14.2 Å². The standard InChI is InChI=1S/C21H20N2O5/c1-26-15-10-19(27-2)17(20(11-15)28-3)12-22-23-21(25)16-8-13-6-4-5-7-14(13)9-18(16)24/h4-12,24H,1-3H3,(H,23,25). The van der Waals surface area contributed by atoms with Crippen LogP contribution in [0.1, 0.15) is 15.9 Å². The first kappa shape index (κ1) is 19.0. The third-order valence-corrected chi connectivity index (χ3v) is 4.22. The highest BCUT2D eigenvalue weighted by molar-refractivity contribution is 6.02. The molecule has 2 N–H and O–H groups in total. The molecule has 0 fully saturated rings. The van der Waals surface area contributed by atoms with Crippen molar-refractivity contribution in [3.05, 3.63) is 59.7 Å². The molecule has 0 aromatic heterocycles. The molecule has 0 atom stereocenters. The predicted octanol–water partition coefficient (Wildman–Crippen LogP) is 3.34. The number of rotatable bonds is 6. The van der Waals surface area contributed by atoms with Crippen LogP contribution in [0, 0.1) is 0 Å². The Kier molecular flexibility index (Phi) is 5.64. The molecular formula is C21H20N2O5. The fourth-order valence-corrected chi connectivity index (χ4v) is 2.79. The van der Waals surface area contributed by atoms with Crippen LogP contribution in [-0.2, 0) is 0 Å². The lowest BCUT2D eigenvalue weighted by atomic mass is 10.1. The molecule has 7 nitrogen and oxygen atoms in total. The van der Waals surface area contributed by atoms with Gasteiger partial charge in [0.15, 0.2) is 0 Å². The number of aromatic hydroxyl groups is 1. The maximum Gasteiger partial charge on any atom is 0.275 e. The highest BCUT2D eigenvalue weighted by Crippen LogP contribution is 2.32. The quantitative estimate of drug-likeness (QED) is 0.506. The molecule has 0 saturated carbocycles. The van der Waals surface area contributed by atoms with E-state index in [1.807, 2.05) is 24.3 Å². The molecule has 1 amide bonds. The molecule has 7 heteroatoms. The van der Waals surface area contributed by atoms with E-state index in [9.17, 15) is 9.90 Å². The second kappa shape index (κ2) is 8.30. The van der Waals surface area contributed by atoms with Crippen LogP contribution in [0.2, 0.25) is 0 Å². The second-order valence-electron chi connectivity index (χ2n) is 5.86. The number of phenols is 1. The van der Waals surface area contributed by atoms with Crippen LogP contribution in [0.4, 0.5) is 0 Å². The van der Waals surface area contributed by atoms with E-state index in [0.717, 1.165) is 10.8 Å². The molecule has 0 aliphatic carbocycles. The van der Waals surface area contributed by atoms with Gasteiger partial charge in [-0.25, -0.2) is 5.43 Å². The number of nitrogens with zero attached hydrogens (tertiary/aromatic N) is 1. The van der Waals surface area contributed by atoms with Crippen molar-refractivity contribution in [3.63, 3.8) is 0 Å². The Labute approximate surface area is 162 Å². The Morgan fingerprint density at radius 2 is 1.57 bits per heavy atom. The Hall–Kier alpha value is -3.74. The van der Waals surface area contributed by atoms with E-state index in [0.29, 0.717) is 22.8 Å². The zero-order valence-electron chi connectivity index (χ0n) is 15.7. The summed E-state index contributed by atoms with van der Waals surface area (Å²) in [4.78, 5) is 12.4. The summed E-state index contributed by atoms with van der Waals surface area (Å²) in [6.45, 7) is 0. The normalized spacial score (nSPS) is 10.8. The van der Waals surface area contributed by atoms with Crippen molar-refractivity contribution in [1.82, 2.24) is 5.43 Å². The summed E-state index contributed by atoms with van der Waals surface area (Å²) in [6, 6.07) is 14.0.